The minimum Gasteiger partial charge on any atom is -0.336 e. The molecule has 2 heterocycles. The van der Waals surface area contributed by atoms with Crippen LogP contribution in [-0.4, -0.2) is 29.4 Å². The van der Waals surface area contributed by atoms with Crippen LogP contribution in [0.3, 0.4) is 0 Å². The van der Waals surface area contributed by atoms with Crippen LogP contribution in [0.2, 0.25) is 0 Å². The smallest absolute Gasteiger partial charge is 0.219 e. The molecule has 0 radical (unpaired) electrons. The normalized spacial score (nSPS) is 17.8. The number of piperidine rings is 1. The third kappa shape index (κ3) is 3.21. The molecule has 4 nitrogen and oxygen atoms in total. The minimum absolute atomic E-state index is 0.121. The van der Waals surface area contributed by atoms with Gasteiger partial charge >= 0.3 is 0 Å². The van der Waals surface area contributed by atoms with Crippen LogP contribution in [0, 0.1) is 0 Å². The molecule has 0 saturated carbocycles. The molecule has 1 atom stereocenters. The Labute approximate surface area is 137 Å². The van der Waals surface area contributed by atoms with Gasteiger partial charge in [-0.1, -0.05) is 24.3 Å². The summed E-state index contributed by atoms with van der Waals surface area (Å²) >= 11 is 0. The molecule has 0 aliphatic carbocycles. The van der Waals surface area contributed by atoms with Gasteiger partial charge in [0.05, 0.1) is 6.04 Å². The second-order valence-electron chi connectivity index (χ2n) is 6.03. The van der Waals surface area contributed by atoms with Gasteiger partial charge in [0.25, 0.3) is 0 Å². The number of hydrogen-bond donors (Lipinski definition) is 0. The number of nitrogens with zero attached hydrogens (tertiary/aromatic N) is 3. The van der Waals surface area contributed by atoms with E-state index in [1.807, 2.05) is 42.4 Å². The minimum atomic E-state index is 0.121. The van der Waals surface area contributed by atoms with Gasteiger partial charge in [-0.05, 0) is 37.5 Å². The highest BCUT2D eigenvalue weighted by molar-refractivity contribution is 5.74. The lowest BCUT2D eigenvalue weighted by atomic mass is 9.95. The molecule has 1 amide bonds. The van der Waals surface area contributed by atoms with Crippen LogP contribution in [0.25, 0.3) is 0 Å². The summed E-state index contributed by atoms with van der Waals surface area (Å²) in [5, 5.41) is 0. The highest BCUT2D eigenvalue weighted by atomic mass is 16.2. The van der Waals surface area contributed by atoms with Crippen molar-refractivity contribution in [1.29, 1.82) is 0 Å². The van der Waals surface area contributed by atoms with Crippen molar-refractivity contribution in [1.82, 2.24) is 9.88 Å². The highest BCUT2D eigenvalue weighted by Crippen LogP contribution is 2.36. The standard InChI is InChI=1S/C19H23N3O/c1-15(23)22-14-7-6-12-18(22)17-11-8-13-20-19(17)21(2)16-9-4-3-5-10-16/h3-5,8-11,13,18H,6-7,12,14H2,1-2H3/t18-/m0/s1. The summed E-state index contributed by atoms with van der Waals surface area (Å²) < 4.78 is 0. The molecule has 1 fully saturated rings. The quantitative estimate of drug-likeness (QED) is 0.862. The Balaban J connectivity index is 1.99. The lowest BCUT2D eigenvalue weighted by molar-refractivity contribution is -0.132. The zero-order valence-electron chi connectivity index (χ0n) is 13.8. The predicted octanol–water partition coefficient (Wildman–Crippen LogP) is 3.92. The molecule has 120 valence electrons. The van der Waals surface area contributed by atoms with Gasteiger partial charge in [-0.15, -0.1) is 0 Å². The third-order valence-corrected chi connectivity index (χ3v) is 4.54. The number of benzene rings is 1. The maximum absolute atomic E-state index is 12.0. The van der Waals surface area contributed by atoms with Gasteiger partial charge in [0.2, 0.25) is 5.91 Å². The zero-order chi connectivity index (χ0) is 16.2. The summed E-state index contributed by atoms with van der Waals surface area (Å²) in [6.45, 7) is 2.50. The van der Waals surface area contributed by atoms with Crippen molar-refractivity contribution in [2.75, 3.05) is 18.5 Å². The van der Waals surface area contributed by atoms with Crippen molar-refractivity contribution in [2.24, 2.45) is 0 Å². The summed E-state index contributed by atoms with van der Waals surface area (Å²) in [7, 11) is 2.03. The van der Waals surface area contributed by atoms with Crippen LogP contribution in [0.15, 0.2) is 48.7 Å². The second kappa shape index (κ2) is 6.82. The van der Waals surface area contributed by atoms with Gasteiger partial charge in [0.1, 0.15) is 5.82 Å². The van der Waals surface area contributed by atoms with Gasteiger partial charge in [0.15, 0.2) is 0 Å². The van der Waals surface area contributed by atoms with Crippen LogP contribution < -0.4 is 4.90 Å². The van der Waals surface area contributed by atoms with Crippen molar-refractivity contribution in [3.8, 4) is 0 Å². The van der Waals surface area contributed by atoms with Gasteiger partial charge in [-0.3, -0.25) is 4.79 Å². The number of carbonyl (C=O) groups is 1. The number of anilines is 2. The maximum atomic E-state index is 12.0. The van der Waals surface area contributed by atoms with Crippen LogP contribution in [-0.2, 0) is 4.79 Å². The highest BCUT2D eigenvalue weighted by Gasteiger charge is 2.29. The summed E-state index contributed by atoms with van der Waals surface area (Å²) in [4.78, 5) is 20.7. The first kappa shape index (κ1) is 15.5. The van der Waals surface area contributed by atoms with Crippen molar-refractivity contribution in [2.45, 2.75) is 32.2 Å². The number of pyridine rings is 1. The van der Waals surface area contributed by atoms with E-state index in [1.165, 1.54) is 0 Å². The van der Waals surface area contributed by atoms with E-state index in [2.05, 4.69) is 28.1 Å². The molecule has 1 aromatic heterocycles. The Bertz CT molecular complexity index is 671. The maximum Gasteiger partial charge on any atom is 0.219 e. The molecule has 0 spiro atoms. The number of likely N-dealkylation sites (tertiary alicyclic amines) is 1. The van der Waals surface area contributed by atoms with Crippen LogP contribution in [0.4, 0.5) is 11.5 Å². The third-order valence-electron chi connectivity index (χ3n) is 4.54. The second-order valence-corrected chi connectivity index (χ2v) is 6.03. The number of aromatic nitrogens is 1. The number of carbonyl (C=O) groups excluding carboxylic acids is 1. The first-order valence-electron chi connectivity index (χ1n) is 8.19. The molecule has 1 aromatic carbocycles. The monoisotopic (exact) mass is 309 g/mol. The largest absolute Gasteiger partial charge is 0.336 e. The van der Waals surface area contributed by atoms with E-state index in [0.29, 0.717) is 0 Å². The van der Waals surface area contributed by atoms with Gasteiger partial charge in [-0.2, -0.15) is 0 Å². The fourth-order valence-electron chi connectivity index (χ4n) is 3.36. The van der Waals surface area contributed by atoms with Gasteiger partial charge in [-0.25, -0.2) is 4.98 Å². The molecule has 1 aliphatic rings. The molecule has 0 unspecified atom stereocenters. The van der Waals surface area contributed by atoms with Gasteiger partial charge < -0.3 is 9.80 Å². The van der Waals surface area contributed by atoms with Crippen molar-refractivity contribution >= 4 is 17.4 Å². The average Bonchev–Trinajstić information content (AvgIpc) is 2.62. The zero-order valence-corrected chi connectivity index (χ0v) is 13.8. The molecule has 0 bridgehead atoms. The molecule has 3 rings (SSSR count). The SMILES string of the molecule is CC(=O)N1CCCC[C@H]1c1cccnc1N(C)c1ccccc1. The fraction of sp³-hybridized carbons (Fsp3) is 0.368. The topological polar surface area (TPSA) is 36.4 Å². The molecule has 0 N–H and O–H groups in total. The first-order chi connectivity index (χ1) is 11.2. The number of rotatable bonds is 3. The Kier molecular flexibility index (Phi) is 4.60. The average molecular weight is 309 g/mol. The number of para-hydroxylation sites is 1. The molecule has 2 aromatic rings. The molecule has 1 saturated heterocycles. The lowest BCUT2D eigenvalue weighted by Gasteiger charge is -2.37. The van der Waals surface area contributed by atoms with Crippen molar-refractivity contribution in [3.05, 3.63) is 54.2 Å². The predicted molar refractivity (Wildman–Crippen MR) is 92.7 cm³/mol. The van der Waals surface area contributed by atoms with E-state index in [-0.39, 0.29) is 11.9 Å². The Morgan fingerprint density at radius 3 is 2.70 bits per heavy atom. The van der Waals surface area contributed by atoms with Crippen molar-refractivity contribution in [3.63, 3.8) is 0 Å². The summed E-state index contributed by atoms with van der Waals surface area (Å²) in [6.07, 6.45) is 5.05. The first-order valence-corrected chi connectivity index (χ1v) is 8.19. The Morgan fingerprint density at radius 1 is 1.17 bits per heavy atom. The van der Waals surface area contributed by atoms with E-state index >= 15 is 0 Å². The molecular weight excluding hydrogens is 286 g/mol. The summed E-state index contributed by atoms with van der Waals surface area (Å²) in [6, 6.07) is 14.4. The van der Waals surface area contributed by atoms with E-state index in [0.717, 1.165) is 42.9 Å². The van der Waals surface area contributed by atoms with Crippen LogP contribution >= 0.6 is 0 Å². The lowest BCUT2D eigenvalue weighted by Crippen LogP contribution is -2.37. The van der Waals surface area contributed by atoms with E-state index in [9.17, 15) is 4.79 Å². The fourth-order valence-corrected chi connectivity index (χ4v) is 3.36. The van der Waals surface area contributed by atoms with E-state index < -0.39 is 0 Å². The number of amides is 1. The Morgan fingerprint density at radius 2 is 1.96 bits per heavy atom. The molecular formula is C19H23N3O. The molecule has 23 heavy (non-hydrogen) atoms. The van der Waals surface area contributed by atoms with E-state index in [1.54, 1.807) is 6.92 Å². The summed E-state index contributed by atoms with van der Waals surface area (Å²) in [5.74, 6) is 1.07. The Hall–Kier alpha value is -2.36. The van der Waals surface area contributed by atoms with E-state index in [4.69, 9.17) is 0 Å². The van der Waals surface area contributed by atoms with Crippen molar-refractivity contribution < 1.29 is 4.79 Å². The number of hydrogen-bond acceptors (Lipinski definition) is 3. The molecule has 1 aliphatic heterocycles. The van der Waals surface area contributed by atoms with Gasteiger partial charge in [0, 0.05) is 38.0 Å². The summed E-state index contributed by atoms with van der Waals surface area (Å²) in [5.41, 5.74) is 2.23. The van der Waals surface area contributed by atoms with Crippen LogP contribution in [0.1, 0.15) is 37.8 Å². The van der Waals surface area contributed by atoms with Crippen LogP contribution in [0.5, 0.6) is 0 Å². The molecule has 4 heteroatoms.